The Hall–Kier alpha value is -3.05. The molecule has 1 aliphatic carbocycles. The first-order chi connectivity index (χ1) is 15.1. The summed E-state index contributed by atoms with van der Waals surface area (Å²) in [7, 11) is 0. The molecule has 5 heteroatoms. The van der Waals surface area contributed by atoms with E-state index in [1.165, 1.54) is 17.5 Å². The van der Waals surface area contributed by atoms with Crippen molar-refractivity contribution in [1.82, 2.24) is 0 Å². The molecule has 1 fully saturated rings. The van der Waals surface area contributed by atoms with Crippen molar-refractivity contribution in [1.29, 1.82) is 0 Å². The van der Waals surface area contributed by atoms with Crippen LogP contribution >= 0.6 is 11.8 Å². The Morgan fingerprint density at radius 3 is 2.58 bits per heavy atom. The molecule has 2 amide bonds. The molecule has 0 aromatic heterocycles. The molecule has 0 saturated carbocycles. The highest BCUT2D eigenvalue weighted by atomic mass is 32.2. The predicted octanol–water partition coefficient (Wildman–Crippen LogP) is 5.51. The molecule has 2 aliphatic rings. The van der Waals surface area contributed by atoms with Crippen LogP contribution in [0.25, 0.3) is 0 Å². The minimum atomic E-state index is -0.115. The highest BCUT2D eigenvalue weighted by molar-refractivity contribution is 8.00. The number of hydrogen-bond acceptors (Lipinski definition) is 3. The van der Waals surface area contributed by atoms with E-state index in [4.69, 9.17) is 0 Å². The van der Waals surface area contributed by atoms with Crippen molar-refractivity contribution in [3.8, 4) is 0 Å². The van der Waals surface area contributed by atoms with Crippen molar-refractivity contribution in [2.24, 2.45) is 0 Å². The molecule has 1 atom stereocenters. The number of aryl methyl sites for hydroxylation is 3. The Balaban J connectivity index is 1.35. The van der Waals surface area contributed by atoms with E-state index in [-0.39, 0.29) is 17.2 Å². The highest BCUT2D eigenvalue weighted by Gasteiger charge is 2.34. The van der Waals surface area contributed by atoms with E-state index >= 15 is 0 Å². The van der Waals surface area contributed by atoms with Gasteiger partial charge in [-0.1, -0.05) is 36.4 Å². The van der Waals surface area contributed by atoms with Gasteiger partial charge in [0, 0.05) is 16.9 Å². The van der Waals surface area contributed by atoms with E-state index in [1.54, 1.807) is 11.8 Å². The van der Waals surface area contributed by atoms with E-state index in [0.29, 0.717) is 11.3 Å². The zero-order valence-electron chi connectivity index (χ0n) is 17.4. The van der Waals surface area contributed by atoms with Crippen LogP contribution in [0.1, 0.15) is 44.4 Å². The number of thioether (sulfide) groups is 1. The van der Waals surface area contributed by atoms with E-state index in [9.17, 15) is 9.59 Å². The summed E-state index contributed by atoms with van der Waals surface area (Å²) in [5.74, 6) is 0.508. The Kier molecular flexibility index (Phi) is 5.28. The average molecular weight is 429 g/mol. The molecule has 31 heavy (non-hydrogen) atoms. The third kappa shape index (κ3) is 3.86. The number of carbonyl (C=O) groups excluding carboxylic acids is 2. The SMILES string of the molecule is Cc1ccccc1C(=O)Nc1ccc(C2SCC(=O)N2c2ccc3c(c2)CCC3)cc1. The molecule has 1 heterocycles. The number of fused-ring (bicyclic) bond motifs is 1. The largest absolute Gasteiger partial charge is 0.322 e. The summed E-state index contributed by atoms with van der Waals surface area (Å²) in [6, 6.07) is 21.8. The van der Waals surface area contributed by atoms with Gasteiger partial charge in [-0.3, -0.25) is 14.5 Å². The lowest BCUT2D eigenvalue weighted by Crippen LogP contribution is -2.27. The fourth-order valence-corrected chi connectivity index (χ4v) is 5.59. The van der Waals surface area contributed by atoms with Gasteiger partial charge in [0.1, 0.15) is 5.37 Å². The minimum absolute atomic E-state index is 0.0481. The van der Waals surface area contributed by atoms with E-state index < -0.39 is 0 Å². The van der Waals surface area contributed by atoms with Gasteiger partial charge in [-0.2, -0.15) is 0 Å². The fourth-order valence-electron chi connectivity index (χ4n) is 4.42. The van der Waals surface area contributed by atoms with Crippen LogP contribution in [0.4, 0.5) is 11.4 Å². The van der Waals surface area contributed by atoms with Gasteiger partial charge < -0.3 is 5.32 Å². The standard InChI is InChI=1S/C26H24N2O2S/c1-17-5-2-3-8-23(17)25(30)27-21-12-9-19(10-13-21)26-28(24(29)16-31-26)22-14-11-18-6-4-7-20(18)15-22/h2-3,5,8-15,26H,4,6-7,16H2,1H3,(H,27,30). The molecule has 1 aliphatic heterocycles. The smallest absolute Gasteiger partial charge is 0.255 e. The van der Waals surface area contributed by atoms with Crippen LogP contribution in [0.3, 0.4) is 0 Å². The second-order valence-corrected chi connectivity index (χ2v) is 9.19. The van der Waals surface area contributed by atoms with Crippen molar-refractivity contribution < 1.29 is 9.59 Å². The maximum Gasteiger partial charge on any atom is 0.255 e. The fraction of sp³-hybridized carbons (Fsp3) is 0.231. The average Bonchev–Trinajstić information content (AvgIpc) is 3.40. The molecule has 3 aromatic carbocycles. The third-order valence-corrected chi connectivity index (χ3v) is 7.28. The normalized spacial score (nSPS) is 17.6. The first-order valence-electron chi connectivity index (χ1n) is 10.6. The summed E-state index contributed by atoms with van der Waals surface area (Å²) < 4.78 is 0. The molecular formula is C26H24N2O2S. The summed E-state index contributed by atoms with van der Waals surface area (Å²) >= 11 is 1.65. The molecule has 156 valence electrons. The molecule has 1 unspecified atom stereocenters. The van der Waals surface area contributed by atoms with Crippen LogP contribution in [0, 0.1) is 6.92 Å². The Labute approximate surface area is 186 Å². The van der Waals surface area contributed by atoms with Crippen LogP contribution in [-0.2, 0) is 17.6 Å². The molecule has 4 nitrogen and oxygen atoms in total. The maximum atomic E-state index is 12.7. The van der Waals surface area contributed by atoms with Crippen LogP contribution in [0.15, 0.2) is 66.7 Å². The Morgan fingerprint density at radius 2 is 1.77 bits per heavy atom. The topological polar surface area (TPSA) is 49.4 Å². The third-order valence-electron chi connectivity index (χ3n) is 6.07. The van der Waals surface area contributed by atoms with Gasteiger partial charge in [0.25, 0.3) is 5.91 Å². The van der Waals surface area contributed by atoms with E-state index in [0.717, 1.165) is 35.3 Å². The number of nitrogens with zero attached hydrogens (tertiary/aromatic N) is 1. The van der Waals surface area contributed by atoms with Gasteiger partial charge in [-0.25, -0.2) is 0 Å². The molecule has 3 aromatic rings. The summed E-state index contributed by atoms with van der Waals surface area (Å²) in [5, 5.41) is 2.92. The Morgan fingerprint density at radius 1 is 1.00 bits per heavy atom. The number of nitrogens with one attached hydrogen (secondary N) is 1. The Bertz CT molecular complexity index is 1160. The van der Waals surface area contributed by atoms with Crippen LogP contribution in [0.2, 0.25) is 0 Å². The van der Waals surface area contributed by atoms with Gasteiger partial charge in [0.15, 0.2) is 0 Å². The first-order valence-corrected chi connectivity index (χ1v) is 11.7. The number of anilines is 2. The lowest BCUT2D eigenvalue weighted by Gasteiger charge is -2.25. The quantitative estimate of drug-likeness (QED) is 0.596. The number of benzene rings is 3. The molecule has 0 spiro atoms. The first kappa shape index (κ1) is 19.9. The van der Waals surface area contributed by atoms with E-state index in [1.807, 2.05) is 60.4 Å². The lowest BCUT2D eigenvalue weighted by molar-refractivity contribution is -0.115. The van der Waals surface area contributed by atoms with Crippen molar-refractivity contribution in [3.63, 3.8) is 0 Å². The summed E-state index contributed by atoms with van der Waals surface area (Å²) in [6.07, 6.45) is 3.43. The predicted molar refractivity (Wildman–Crippen MR) is 127 cm³/mol. The summed E-state index contributed by atoms with van der Waals surface area (Å²) in [6.45, 7) is 1.93. The van der Waals surface area contributed by atoms with Crippen LogP contribution < -0.4 is 10.2 Å². The van der Waals surface area contributed by atoms with Crippen LogP contribution in [0.5, 0.6) is 0 Å². The second-order valence-electron chi connectivity index (χ2n) is 8.12. The van der Waals surface area contributed by atoms with E-state index in [2.05, 4.69) is 23.5 Å². The summed E-state index contributed by atoms with van der Waals surface area (Å²) in [4.78, 5) is 27.2. The number of amides is 2. The van der Waals surface area contributed by atoms with Gasteiger partial charge in [-0.15, -0.1) is 11.8 Å². The molecule has 5 rings (SSSR count). The molecule has 0 bridgehead atoms. The molecule has 0 radical (unpaired) electrons. The van der Waals surface area contributed by atoms with Gasteiger partial charge >= 0.3 is 0 Å². The van der Waals surface area contributed by atoms with Crippen molar-refractivity contribution >= 4 is 35.0 Å². The van der Waals surface area contributed by atoms with Gasteiger partial charge in [0.05, 0.1) is 5.75 Å². The van der Waals surface area contributed by atoms with Crippen molar-refractivity contribution in [2.75, 3.05) is 16.0 Å². The minimum Gasteiger partial charge on any atom is -0.322 e. The molecule has 1 saturated heterocycles. The number of hydrogen-bond donors (Lipinski definition) is 1. The number of carbonyl (C=O) groups is 2. The monoisotopic (exact) mass is 428 g/mol. The highest BCUT2D eigenvalue weighted by Crippen LogP contribution is 2.43. The summed E-state index contributed by atoms with van der Waals surface area (Å²) in [5.41, 5.74) is 7.19. The molecular weight excluding hydrogens is 404 g/mol. The van der Waals surface area contributed by atoms with Crippen LogP contribution in [-0.4, -0.2) is 17.6 Å². The zero-order valence-corrected chi connectivity index (χ0v) is 18.2. The van der Waals surface area contributed by atoms with Gasteiger partial charge in [0.2, 0.25) is 5.91 Å². The maximum absolute atomic E-state index is 12.7. The van der Waals surface area contributed by atoms with Crippen molar-refractivity contribution in [3.05, 3.63) is 94.5 Å². The number of rotatable bonds is 4. The van der Waals surface area contributed by atoms with Crippen molar-refractivity contribution in [2.45, 2.75) is 31.6 Å². The lowest BCUT2D eigenvalue weighted by atomic mass is 10.1. The van der Waals surface area contributed by atoms with Gasteiger partial charge in [-0.05, 0) is 78.8 Å². The zero-order chi connectivity index (χ0) is 21.4. The molecule has 1 N–H and O–H groups in total. The second kappa shape index (κ2) is 8.23.